The van der Waals surface area contributed by atoms with Gasteiger partial charge in [-0.2, -0.15) is 0 Å². The van der Waals surface area contributed by atoms with Crippen molar-refractivity contribution in [1.82, 2.24) is 0 Å². The highest BCUT2D eigenvalue weighted by atomic mass is 32.1. The van der Waals surface area contributed by atoms with Gasteiger partial charge in [0.2, 0.25) is 0 Å². The molecule has 0 fully saturated rings. The highest BCUT2D eigenvalue weighted by Crippen LogP contribution is 2.54. The van der Waals surface area contributed by atoms with Crippen molar-refractivity contribution in [1.29, 1.82) is 0 Å². The fourth-order valence-corrected chi connectivity index (χ4v) is 8.55. The van der Waals surface area contributed by atoms with Gasteiger partial charge >= 0.3 is 0 Å². The Morgan fingerprint density at radius 2 is 1.24 bits per heavy atom. The molecular formula is C40H33NS. The predicted molar refractivity (Wildman–Crippen MR) is 183 cm³/mol. The van der Waals surface area contributed by atoms with Gasteiger partial charge in [0.1, 0.15) is 0 Å². The number of hydrogen-bond donors (Lipinski definition) is 0. The van der Waals surface area contributed by atoms with Crippen molar-refractivity contribution in [2.24, 2.45) is 0 Å². The van der Waals surface area contributed by atoms with Crippen molar-refractivity contribution in [2.75, 3.05) is 4.90 Å². The van der Waals surface area contributed by atoms with E-state index in [1.165, 1.54) is 87.0 Å². The van der Waals surface area contributed by atoms with Crippen molar-refractivity contribution >= 4 is 59.3 Å². The van der Waals surface area contributed by atoms with Crippen LogP contribution in [0, 0.1) is 20.8 Å². The van der Waals surface area contributed by atoms with E-state index in [1.54, 1.807) is 0 Å². The minimum Gasteiger partial charge on any atom is -0.309 e. The number of rotatable bonds is 3. The Balaban J connectivity index is 1.42. The molecule has 6 aromatic carbocycles. The Morgan fingerprint density at radius 3 is 2.02 bits per heavy atom. The number of anilines is 3. The van der Waals surface area contributed by atoms with Gasteiger partial charge in [-0.3, -0.25) is 0 Å². The van der Waals surface area contributed by atoms with Crippen LogP contribution >= 0.6 is 11.3 Å². The molecular weight excluding hydrogens is 527 g/mol. The second-order valence-corrected chi connectivity index (χ2v) is 13.4. The second-order valence-electron chi connectivity index (χ2n) is 12.3. The average molecular weight is 560 g/mol. The van der Waals surface area contributed by atoms with Gasteiger partial charge in [0, 0.05) is 26.6 Å². The fourth-order valence-electron chi connectivity index (χ4n) is 7.35. The maximum Gasteiger partial charge on any atom is 0.0640 e. The molecule has 0 radical (unpaired) electrons. The molecule has 0 saturated heterocycles. The van der Waals surface area contributed by atoms with Crippen molar-refractivity contribution in [3.63, 3.8) is 0 Å². The lowest BCUT2D eigenvalue weighted by Crippen LogP contribution is -2.17. The molecule has 0 aliphatic heterocycles. The number of fused-ring (bicyclic) bond motifs is 8. The summed E-state index contributed by atoms with van der Waals surface area (Å²) in [6, 6.07) is 40.7. The summed E-state index contributed by atoms with van der Waals surface area (Å²) in [4.78, 5) is 2.52. The van der Waals surface area contributed by atoms with Crippen molar-refractivity contribution in [2.45, 2.75) is 40.0 Å². The maximum atomic E-state index is 2.52. The van der Waals surface area contributed by atoms with Gasteiger partial charge in [-0.15, -0.1) is 11.3 Å². The first kappa shape index (κ1) is 25.3. The molecule has 0 atom stereocenters. The monoisotopic (exact) mass is 559 g/mol. The minimum absolute atomic E-state index is 0.106. The molecule has 1 aromatic heterocycles. The highest BCUT2D eigenvalue weighted by molar-refractivity contribution is 7.26. The Bertz CT molecular complexity index is 2190. The summed E-state index contributed by atoms with van der Waals surface area (Å²) < 4.78 is 2.65. The molecule has 0 unspecified atom stereocenters. The van der Waals surface area contributed by atoms with Gasteiger partial charge in [-0.05, 0) is 94.8 Å². The summed E-state index contributed by atoms with van der Waals surface area (Å²) >= 11 is 1.89. The van der Waals surface area contributed by atoms with Crippen LogP contribution in [0.3, 0.4) is 0 Å². The quantitative estimate of drug-likeness (QED) is 0.208. The standard InChI is InChI=1S/C40H33NS/c1-24-12-10-13-25(2)38(24)41(35-18-11-17-31-29-15-8-9-19-36(29)42-39(31)35)27-20-21-32-33(23-27)40(4,5)34-22-26(3)28-14-6-7-16-30(28)37(32)34/h6-23H,1-5H3. The normalized spacial score (nSPS) is 13.5. The second kappa shape index (κ2) is 9.05. The number of aryl methyl sites for hydroxylation is 3. The molecule has 1 nitrogen and oxygen atoms in total. The molecule has 0 spiro atoms. The molecule has 8 rings (SSSR count). The zero-order chi connectivity index (χ0) is 28.7. The first-order chi connectivity index (χ1) is 20.3. The van der Waals surface area contributed by atoms with Crippen LogP contribution in [0.1, 0.15) is 41.7 Å². The van der Waals surface area contributed by atoms with Gasteiger partial charge in [0.05, 0.1) is 16.1 Å². The van der Waals surface area contributed by atoms with Gasteiger partial charge in [-0.25, -0.2) is 0 Å². The zero-order valence-corrected chi connectivity index (χ0v) is 25.6. The van der Waals surface area contributed by atoms with Crippen LogP contribution in [0.4, 0.5) is 17.1 Å². The van der Waals surface area contributed by atoms with Gasteiger partial charge in [0.15, 0.2) is 0 Å². The van der Waals surface area contributed by atoms with Crippen LogP contribution in [0.25, 0.3) is 42.1 Å². The lowest BCUT2D eigenvalue weighted by molar-refractivity contribution is 0.660. The molecule has 1 aliphatic carbocycles. The van der Waals surface area contributed by atoms with E-state index in [0.717, 1.165) is 0 Å². The molecule has 1 heterocycles. The third kappa shape index (κ3) is 3.48. The fraction of sp³-hybridized carbons (Fsp3) is 0.150. The first-order valence-electron chi connectivity index (χ1n) is 14.8. The molecule has 42 heavy (non-hydrogen) atoms. The molecule has 1 aliphatic rings. The largest absolute Gasteiger partial charge is 0.309 e. The number of thiophene rings is 1. The first-order valence-corrected chi connectivity index (χ1v) is 15.6. The topological polar surface area (TPSA) is 3.24 Å². The summed E-state index contributed by atoms with van der Waals surface area (Å²) in [5.74, 6) is 0. The highest BCUT2D eigenvalue weighted by Gasteiger charge is 2.37. The van der Waals surface area contributed by atoms with Crippen LogP contribution in [0.5, 0.6) is 0 Å². The molecule has 0 saturated carbocycles. The average Bonchev–Trinajstić information content (AvgIpc) is 3.48. The van der Waals surface area contributed by atoms with Crippen LogP contribution < -0.4 is 4.90 Å². The van der Waals surface area contributed by atoms with E-state index in [9.17, 15) is 0 Å². The van der Waals surface area contributed by atoms with Crippen molar-refractivity contribution < 1.29 is 0 Å². The third-order valence-corrected chi connectivity index (χ3v) is 10.6. The lowest BCUT2D eigenvalue weighted by atomic mass is 9.81. The Hall–Kier alpha value is -4.40. The van der Waals surface area contributed by atoms with E-state index < -0.39 is 0 Å². The van der Waals surface area contributed by atoms with Crippen LogP contribution in [-0.2, 0) is 5.41 Å². The molecule has 0 bridgehead atoms. The Labute approximate surface area is 251 Å². The molecule has 7 aromatic rings. The minimum atomic E-state index is -0.106. The van der Waals surface area contributed by atoms with Gasteiger partial charge in [-0.1, -0.05) is 98.8 Å². The Morgan fingerprint density at radius 1 is 0.571 bits per heavy atom. The molecule has 204 valence electrons. The van der Waals surface area contributed by atoms with Crippen LogP contribution in [0.2, 0.25) is 0 Å². The number of nitrogens with zero attached hydrogens (tertiary/aromatic N) is 1. The predicted octanol–water partition coefficient (Wildman–Crippen LogP) is 11.9. The summed E-state index contributed by atoms with van der Waals surface area (Å²) in [6.45, 7) is 11.5. The summed E-state index contributed by atoms with van der Waals surface area (Å²) in [6.07, 6.45) is 0. The maximum absolute atomic E-state index is 2.52. The number of benzene rings is 6. The molecule has 2 heteroatoms. The third-order valence-electron chi connectivity index (χ3n) is 9.42. The SMILES string of the molecule is Cc1cccc(C)c1N(c1ccc2c(c1)C(C)(C)c1cc(C)c3ccccc3c1-2)c1cccc2c1sc1ccccc12. The van der Waals surface area contributed by atoms with Gasteiger partial charge in [0.25, 0.3) is 0 Å². The van der Waals surface area contributed by atoms with E-state index in [2.05, 4.69) is 149 Å². The van der Waals surface area contributed by atoms with E-state index in [-0.39, 0.29) is 5.41 Å². The Kier molecular flexibility index (Phi) is 5.45. The summed E-state index contributed by atoms with van der Waals surface area (Å²) in [5, 5.41) is 5.35. The molecule has 0 N–H and O–H groups in total. The lowest BCUT2D eigenvalue weighted by Gasteiger charge is -2.30. The van der Waals surface area contributed by atoms with E-state index in [4.69, 9.17) is 0 Å². The van der Waals surface area contributed by atoms with Crippen molar-refractivity contribution in [3.05, 3.63) is 137 Å². The van der Waals surface area contributed by atoms with Crippen LogP contribution in [-0.4, -0.2) is 0 Å². The number of hydrogen-bond acceptors (Lipinski definition) is 2. The van der Waals surface area contributed by atoms with Crippen LogP contribution in [0.15, 0.2) is 109 Å². The van der Waals surface area contributed by atoms with E-state index >= 15 is 0 Å². The zero-order valence-electron chi connectivity index (χ0n) is 24.7. The van der Waals surface area contributed by atoms with E-state index in [0.29, 0.717) is 0 Å². The summed E-state index contributed by atoms with van der Waals surface area (Å²) in [7, 11) is 0. The summed E-state index contributed by atoms with van der Waals surface area (Å²) in [5.41, 5.74) is 13.1. The van der Waals surface area contributed by atoms with Gasteiger partial charge < -0.3 is 4.90 Å². The number of para-hydroxylation sites is 1. The smallest absolute Gasteiger partial charge is 0.0640 e. The van der Waals surface area contributed by atoms with E-state index in [1.807, 2.05) is 11.3 Å². The molecule has 0 amide bonds. The van der Waals surface area contributed by atoms with Crippen molar-refractivity contribution in [3.8, 4) is 11.1 Å².